The maximum atomic E-state index is 12.9. The van der Waals surface area contributed by atoms with Crippen molar-refractivity contribution >= 4 is 23.8 Å². The van der Waals surface area contributed by atoms with Crippen LogP contribution in [0.25, 0.3) is 5.57 Å². The van der Waals surface area contributed by atoms with Gasteiger partial charge in [-0.2, -0.15) is 4.98 Å². The number of amides is 1. The van der Waals surface area contributed by atoms with Gasteiger partial charge in [-0.1, -0.05) is 37.2 Å². The fourth-order valence-corrected chi connectivity index (χ4v) is 5.69. The monoisotopic (exact) mass is 520 g/mol. The van der Waals surface area contributed by atoms with Gasteiger partial charge in [0, 0.05) is 43.9 Å². The molecule has 2 aromatic rings. The van der Waals surface area contributed by atoms with Gasteiger partial charge in [0.1, 0.15) is 12.0 Å². The van der Waals surface area contributed by atoms with Crippen LogP contribution in [0.15, 0.2) is 34.9 Å². The average molecular weight is 521 g/mol. The average Bonchev–Trinajstić information content (AvgIpc) is 3.47. The highest BCUT2D eigenvalue weighted by atomic mass is 16.5. The first-order chi connectivity index (χ1) is 18.5. The molecule has 0 bridgehead atoms. The lowest BCUT2D eigenvalue weighted by Gasteiger charge is -2.33. The Labute approximate surface area is 225 Å². The lowest BCUT2D eigenvalue weighted by atomic mass is 9.85. The number of rotatable bonds is 8. The Balaban J connectivity index is 1.05. The van der Waals surface area contributed by atoms with Gasteiger partial charge in [-0.05, 0) is 74.1 Å². The Morgan fingerprint density at radius 3 is 2.42 bits per heavy atom. The quantitative estimate of drug-likeness (QED) is 0.447. The molecule has 1 amide bonds. The minimum atomic E-state index is 0.0673. The molecule has 2 aliphatic heterocycles. The van der Waals surface area contributed by atoms with Crippen molar-refractivity contribution < 1.29 is 18.8 Å². The summed E-state index contributed by atoms with van der Waals surface area (Å²) in [4.78, 5) is 32.6. The zero-order valence-corrected chi connectivity index (χ0v) is 22.7. The summed E-state index contributed by atoms with van der Waals surface area (Å²) in [6.07, 6.45) is 9.56. The van der Waals surface area contributed by atoms with Crippen LogP contribution in [0.3, 0.4) is 0 Å². The fraction of sp³-hybridized carbons (Fsp3) is 0.600. The topological polar surface area (TPSA) is 88.8 Å². The number of likely N-dealkylation sites (tertiary alicyclic amines) is 1. The van der Waals surface area contributed by atoms with E-state index in [1.54, 1.807) is 0 Å². The predicted molar refractivity (Wildman–Crippen MR) is 146 cm³/mol. The molecule has 204 valence electrons. The second kappa shape index (κ2) is 12.1. The summed E-state index contributed by atoms with van der Waals surface area (Å²) in [6, 6.07) is 9.03. The Bertz CT molecular complexity index is 1110. The van der Waals surface area contributed by atoms with Gasteiger partial charge in [-0.15, -0.1) is 0 Å². The lowest BCUT2D eigenvalue weighted by molar-refractivity contribution is -0.137. The molecule has 8 heteroatoms. The van der Waals surface area contributed by atoms with Crippen LogP contribution in [-0.2, 0) is 9.59 Å². The third-order valence-corrected chi connectivity index (χ3v) is 8.35. The van der Waals surface area contributed by atoms with Gasteiger partial charge < -0.3 is 23.9 Å². The number of piperidine rings is 2. The summed E-state index contributed by atoms with van der Waals surface area (Å²) in [5.74, 6) is 2.89. The molecule has 3 aliphatic rings. The Morgan fingerprint density at radius 1 is 1.08 bits per heavy atom. The summed E-state index contributed by atoms with van der Waals surface area (Å²) in [6.45, 7) is 8.09. The highest BCUT2D eigenvalue weighted by molar-refractivity contribution is 5.81. The molecule has 1 aromatic carbocycles. The van der Waals surface area contributed by atoms with Crippen LogP contribution < -0.4 is 9.64 Å². The molecular formula is C30H40N4O4. The van der Waals surface area contributed by atoms with E-state index in [1.807, 2.05) is 4.90 Å². The summed E-state index contributed by atoms with van der Waals surface area (Å²) >= 11 is 0. The zero-order chi connectivity index (χ0) is 26.5. The van der Waals surface area contributed by atoms with Gasteiger partial charge in [-0.3, -0.25) is 4.79 Å². The number of aromatic nitrogens is 2. The van der Waals surface area contributed by atoms with Gasteiger partial charge in [0.25, 0.3) is 0 Å². The number of anilines is 1. The van der Waals surface area contributed by atoms with E-state index in [9.17, 15) is 9.59 Å². The maximum Gasteiger partial charge on any atom is 0.324 e. The normalized spacial score (nSPS) is 21.4. The second-order valence-corrected chi connectivity index (χ2v) is 11.4. The predicted octanol–water partition coefficient (Wildman–Crippen LogP) is 5.11. The molecule has 1 unspecified atom stereocenters. The van der Waals surface area contributed by atoms with E-state index in [4.69, 9.17) is 9.26 Å². The molecule has 0 saturated carbocycles. The van der Waals surface area contributed by atoms with Crippen LogP contribution in [0.4, 0.5) is 6.01 Å². The second-order valence-electron chi connectivity index (χ2n) is 11.4. The van der Waals surface area contributed by atoms with Gasteiger partial charge in [0.15, 0.2) is 5.82 Å². The minimum absolute atomic E-state index is 0.0673. The van der Waals surface area contributed by atoms with Crippen LogP contribution in [0.1, 0.15) is 76.1 Å². The van der Waals surface area contributed by atoms with Crippen molar-refractivity contribution in [2.24, 2.45) is 17.8 Å². The number of carbonyl (C=O) groups is 2. The van der Waals surface area contributed by atoms with Crippen molar-refractivity contribution in [2.75, 3.05) is 37.7 Å². The van der Waals surface area contributed by atoms with Crippen molar-refractivity contribution in [3.05, 3.63) is 41.7 Å². The van der Waals surface area contributed by atoms with E-state index >= 15 is 0 Å². The van der Waals surface area contributed by atoms with E-state index in [2.05, 4.69) is 59.2 Å². The standard InChI is InChI=1S/C30H40N4O4/c1-21(2)28-31-30(38-32-28)34-17-13-23(14-18-34)20-37-27-9-7-25(8-10-27)24-3-5-26(6-4-24)29(36)33-15-11-22(19-35)12-16-33/h3,7-10,19,21-23,26H,4-6,11-18,20H2,1-2H3. The molecule has 38 heavy (non-hydrogen) atoms. The summed E-state index contributed by atoms with van der Waals surface area (Å²) in [7, 11) is 0. The molecule has 0 N–H and O–H groups in total. The van der Waals surface area contributed by atoms with Gasteiger partial charge in [0.2, 0.25) is 5.91 Å². The highest BCUT2D eigenvalue weighted by Gasteiger charge is 2.29. The Kier molecular flexibility index (Phi) is 8.45. The first-order valence-electron chi connectivity index (χ1n) is 14.2. The van der Waals surface area contributed by atoms with Crippen LogP contribution in [0.2, 0.25) is 0 Å². The number of aldehydes is 1. The molecule has 3 heterocycles. The molecule has 8 nitrogen and oxygen atoms in total. The van der Waals surface area contributed by atoms with E-state index in [-0.39, 0.29) is 23.7 Å². The minimum Gasteiger partial charge on any atom is -0.493 e. The summed E-state index contributed by atoms with van der Waals surface area (Å²) in [5, 5.41) is 4.08. The van der Waals surface area contributed by atoms with Gasteiger partial charge in [0.05, 0.1) is 6.61 Å². The maximum absolute atomic E-state index is 12.9. The molecule has 2 saturated heterocycles. The van der Waals surface area contributed by atoms with Crippen molar-refractivity contribution in [1.29, 1.82) is 0 Å². The number of ether oxygens (including phenoxy) is 1. The van der Waals surface area contributed by atoms with Crippen molar-refractivity contribution in [3.63, 3.8) is 0 Å². The molecule has 0 spiro atoms. The molecule has 5 rings (SSSR count). The lowest BCUT2D eigenvalue weighted by Crippen LogP contribution is -2.42. The molecule has 0 radical (unpaired) electrons. The molecule has 1 aromatic heterocycles. The van der Waals surface area contributed by atoms with Crippen LogP contribution in [0, 0.1) is 17.8 Å². The van der Waals surface area contributed by atoms with E-state index in [0.717, 1.165) is 75.9 Å². The third-order valence-electron chi connectivity index (χ3n) is 8.35. The van der Waals surface area contributed by atoms with Crippen LogP contribution in [0.5, 0.6) is 5.75 Å². The smallest absolute Gasteiger partial charge is 0.324 e. The Hall–Kier alpha value is -3.16. The van der Waals surface area contributed by atoms with Crippen molar-refractivity contribution in [2.45, 2.75) is 64.7 Å². The fourth-order valence-electron chi connectivity index (χ4n) is 5.69. The number of carbonyl (C=O) groups excluding carboxylic acids is 2. The van der Waals surface area contributed by atoms with Crippen LogP contribution >= 0.6 is 0 Å². The van der Waals surface area contributed by atoms with Crippen molar-refractivity contribution in [1.82, 2.24) is 15.0 Å². The number of hydrogen-bond donors (Lipinski definition) is 0. The highest BCUT2D eigenvalue weighted by Crippen LogP contribution is 2.33. The number of benzene rings is 1. The van der Waals surface area contributed by atoms with Gasteiger partial charge in [-0.25, -0.2) is 0 Å². The molecule has 2 fully saturated rings. The SMILES string of the molecule is CC(C)c1noc(N2CCC(COc3ccc(C4=CCC(C(=O)N5CCC(C=O)CC5)CC4)cc3)CC2)n1. The number of allylic oxidation sites excluding steroid dienone is 2. The largest absolute Gasteiger partial charge is 0.493 e. The molecule has 1 aliphatic carbocycles. The van der Waals surface area contributed by atoms with Crippen LogP contribution in [-0.4, -0.2) is 60.0 Å². The molecular weight excluding hydrogens is 480 g/mol. The first kappa shape index (κ1) is 26.4. The zero-order valence-electron chi connectivity index (χ0n) is 22.7. The van der Waals surface area contributed by atoms with Crippen molar-refractivity contribution in [3.8, 4) is 5.75 Å². The summed E-state index contributed by atoms with van der Waals surface area (Å²) < 4.78 is 11.6. The first-order valence-corrected chi connectivity index (χ1v) is 14.2. The number of nitrogens with zero attached hydrogens (tertiary/aromatic N) is 4. The summed E-state index contributed by atoms with van der Waals surface area (Å²) in [5.41, 5.74) is 2.53. The van der Waals surface area contributed by atoms with E-state index < -0.39 is 0 Å². The Morgan fingerprint density at radius 2 is 1.82 bits per heavy atom. The third kappa shape index (κ3) is 6.27. The number of hydrogen-bond acceptors (Lipinski definition) is 7. The van der Waals surface area contributed by atoms with E-state index in [1.165, 1.54) is 11.1 Å². The molecule has 1 atom stereocenters. The van der Waals surface area contributed by atoms with E-state index in [0.29, 0.717) is 31.6 Å². The van der Waals surface area contributed by atoms with Gasteiger partial charge >= 0.3 is 6.01 Å².